The highest BCUT2D eigenvalue weighted by atomic mass is 32.1. The van der Waals surface area contributed by atoms with Gasteiger partial charge in [0.1, 0.15) is 23.9 Å². The molecule has 1 aromatic carbocycles. The van der Waals surface area contributed by atoms with Crippen LogP contribution in [0.5, 0.6) is 5.75 Å². The molecular weight excluding hydrogens is 470 g/mol. The molecule has 0 saturated heterocycles. The van der Waals surface area contributed by atoms with Crippen molar-refractivity contribution in [1.29, 1.82) is 0 Å². The van der Waals surface area contributed by atoms with Gasteiger partial charge in [-0.25, -0.2) is 4.79 Å². The maximum absolute atomic E-state index is 12.7. The number of rotatable bonds is 14. The summed E-state index contributed by atoms with van der Waals surface area (Å²) in [6.45, 7) is -0.871. The molecule has 1 aromatic rings. The Morgan fingerprint density at radius 2 is 1.44 bits per heavy atom. The summed E-state index contributed by atoms with van der Waals surface area (Å²) in [5.74, 6) is -4.88. The third-order valence-corrected chi connectivity index (χ3v) is 5.02. The van der Waals surface area contributed by atoms with Crippen molar-refractivity contribution in [2.75, 3.05) is 12.4 Å². The van der Waals surface area contributed by atoms with E-state index in [0.717, 1.165) is 0 Å². The minimum Gasteiger partial charge on any atom is -0.508 e. The number of amides is 4. The molecule has 4 amide bonds. The number of carbonyl (C=O) groups is 5. The van der Waals surface area contributed by atoms with Crippen molar-refractivity contribution in [3.05, 3.63) is 29.8 Å². The molecule has 0 spiro atoms. The fraction of sp³-hybridized carbons (Fsp3) is 0.450. The number of nitrogens with two attached hydrogens (primary N) is 2. The third kappa shape index (κ3) is 9.64. The fourth-order valence-corrected chi connectivity index (χ4v) is 2.99. The molecule has 0 radical (unpaired) electrons. The van der Waals surface area contributed by atoms with Crippen LogP contribution in [0.4, 0.5) is 0 Å². The van der Waals surface area contributed by atoms with Gasteiger partial charge in [-0.3, -0.25) is 19.2 Å². The molecular formula is C20H29N5O8S. The lowest BCUT2D eigenvalue weighted by Gasteiger charge is -2.24. The van der Waals surface area contributed by atoms with E-state index in [-0.39, 0.29) is 30.8 Å². The predicted octanol–water partition coefficient (Wildman–Crippen LogP) is -3.01. The maximum atomic E-state index is 12.7. The first-order chi connectivity index (χ1) is 16.0. The van der Waals surface area contributed by atoms with Crippen LogP contribution in [0.1, 0.15) is 18.4 Å². The molecule has 14 heteroatoms. The molecule has 34 heavy (non-hydrogen) atoms. The maximum Gasteiger partial charge on any atom is 0.328 e. The lowest BCUT2D eigenvalue weighted by molar-refractivity contribution is -0.143. The summed E-state index contributed by atoms with van der Waals surface area (Å²) in [5.41, 5.74) is 11.7. The van der Waals surface area contributed by atoms with E-state index >= 15 is 0 Å². The number of aliphatic hydroxyl groups excluding tert-OH is 1. The van der Waals surface area contributed by atoms with Crippen LogP contribution in [-0.4, -0.2) is 81.4 Å². The number of carbonyl (C=O) groups excluding carboxylic acids is 4. The van der Waals surface area contributed by atoms with Gasteiger partial charge in [0.05, 0.1) is 12.6 Å². The first-order valence-corrected chi connectivity index (χ1v) is 10.8. The van der Waals surface area contributed by atoms with Crippen molar-refractivity contribution in [2.45, 2.75) is 43.4 Å². The number of aliphatic carboxylic acids is 1. The monoisotopic (exact) mass is 499 g/mol. The molecule has 0 aromatic heterocycles. The smallest absolute Gasteiger partial charge is 0.328 e. The van der Waals surface area contributed by atoms with Crippen LogP contribution in [0.3, 0.4) is 0 Å². The predicted molar refractivity (Wildman–Crippen MR) is 123 cm³/mol. The second kappa shape index (κ2) is 14.0. The third-order valence-electron chi connectivity index (χ3n) is 4.65. The van der Waals surface area contributed by atoms with Gasteiger partial charge in [0, 0.05) is 12.2 Å². The van der Waals surface area contributed by atoms with E-state index in [2.05, 4.69) is 28.6 Å². The molecule has 188 valence electrons. The number of phenols is 1. The minimum absolute atomic E-state index is 0.0430. The number of phenolic OH excluding ortho intramolecular Hbond substituents is 1. The second-order valence-corrected chi connectivity index (χ2v) is 7.73. The number of thiol groups is 1. The Hall–Kier alpha value is -3.36. The normalized spacial score (nSPS) is 14.2. The quantitative estimate of drug-likeness (QED) is 0.118. The van der Waals surface area contributed by atoms with Crippen LogP contribution >= 0.6 is 12.6 Å². The van der Waals surface area contributed by atoms with Crippen LogP contribution in [0.2, 0.25) is 0 Å². The summed E-state index contributed by atoms with van der Waals surface area (Å²) >= 11 is 3.97. The van der Waals surface area contributed by atoms with E-state index in [0.29, 0.717) is 5.56 Å². The average Bonchev–Trinajstić information content (AvgIpc) is 2.78. The Morgan fingerprint density at radius 3 is 1.94 bits per heavy atom. The molecule has 0 aliphatic rings. The van der Waals surface area contributed by atoms with Crippen molar-refractivity contribution in [3.63, 3.8) is 0 Å². The number of carboxylic acids is 1. The molecule has 0 heterocycles. The lowest BCUT2D eigenvalue weighted by atomic mass is 10.0. The zero-order valence-corrected chi connectivity index (χ0v) is 19.0. The summed E-state index contributed by atoms with van der Waals surface area (Å²) in [4.78, 5) is 59.8. The van der Waals surface area contributed by atoms with E-state index in [4.69, 9.17) is 21.7 Å². The first kappa shape index (κ1) is 28.7. The first-order valence-electron chi connectivity index (χ1n) is 10.2. The molecule has 13 nitrogen and oxygen atoms in total. The number of benzene rings is 1. The molecule has 4 atom stereocenters. The van der Waals surface area contributed by atoms with Crippen molar-refractivity contribution < 1.29 is 39.3 Å². The van der Waals surface area contributed by atoms with Gasteiger partial charge in [0.2, 0.25) is 23.6 Å². The van der Waals surface area contributed by atoms with Gasteiger partial charge in [-0.15, -0.1) is 0 Å². The number of primary amides is 1. The van der Waals surface area contributed by atoms with Gasteiger partial charge in [-0.1, -0.05) is 12.1 Å². The van der Waals surface area contributed by atoms with Crippen molar-refractivity contribution >= 4 is 42.2 Å². The van der Waals surface area contributed by atoms with Crippen molar-refractivity contribution in [2.24, 2.45) is 11.5 Å². The highest BCUT2D eigenvalue weighted by molar-refractivity contribution is 7.80. The highest BCUT2D eigenvalue weighted by Gasteiger charge is 2.29. The Kier molecular flexibility index (Phi) is 11.8. The van der Waals surface area contributed by atoms with Crippen LogP contribution in [0, 0.1) is 0 Å². The van der Waals surface area contributed by atoms with Crippen molar-refractivity contribution in [3.8, 4) is 5.75 Å². The Balaban J connectivity index is 2.86. The van der Waals surface area contributed by atoms with Gasteiger partial charge in [-0.2, -0.15) is 12.6 Å². The topological polar surface area (TPSA) is 234 Å². The second-order valence-electron chi connectivity index (χ2n) is 7.37. The zero-order chi connectivity index (χ0) is 25.8. The van der Waals surface area contributed by atoms with Gasteiger partial charge in [0.15, 0.2) is 0 Å². The Bertz CT molecular complexity index is 882. The van der Waals surface area contributed by atoms with Gasteiger partial charge < -0.3 is 42.7 Å². The number of hydrogen-bond acceptors (Lipinski definition) is 9. The highest BCUT2D eigenvalue weighted by Crippen LogP contribution is 2.11. The van der Waals surface area contributed by atoms with Crippen LogP contribution in [0.25, 0.3) is 0 Å². The van der Waals surface area contributed by atoms with Crippen LogP contribution < -0.4 is 27.4 Å². The van der Waals surface area contributed by atoms with Gasteiger partial charge in [-0.05, 0) is 30.5 Å². The van der Waals surface area contributed by atoms with E-state index in [9.17, 15) is 29.1 Å². The van der Waals surface area contributed by atoms with E-state index in [1.807, 2.05) is 0 Å². The SMILES string of the molecule is NC(=O)CCC(NC(=O)C(N)Cc1ccc(O)cc1)C(=O)NC(CS)C(=O)NC(CO)C(=O)O. The largest absolute Gasteiger partial charge is 0.508 e. The minimum atomic E-state index is -1.59. The number of nitrogens with one attached hydrogen (secondary N) is 3. The number of aromatic hydroxyl groups is 1. The van der Waals surface area contributed by atoms with Gasteiger partial charge >= 0.3 is 5.97 Å². The average molecular weight is 500 g/mol. The standard InChI is InChI=1S/C20H29N5O8S/c21-12(7-10-1-3-11(27)4-2-10)17(29)23-13(5-6-16(22)28)18(30)25-15(9-34)19(31)24-14(8-26)20(32)33/h1-4,12-15,26-27,34H,5-9,21H2,(H2,22,28)(H,23,29)(H,24,31)(H,25,30)(H,32,33). The molecule has 1 rings (SSSR count). The number of aliphatic hydroxyl groups is 1. The summed E-state index contributed by atoms with van der Waals surface area (Å²) in [7, 11) is 0. The van der Waals surface area contributed by atoms with E-state index < -0.39 is 60.4 Å². The molecule has 0 bridgehead atoms. The summed E-state index contributed by atoms with van der Waals surface area (Å²) < 4.78 is 0. The molecule has 0 aliphatic carbocycles. The molecule has 0 fully saturated rings. The molecule has 4 unspecified atom stereocenters. The van der Waals surface area contributed by atoms with Crippen LogP contribution in [-0.2, 0) is 30.4 Å². The molecule has 0 aliphatic heterocycles. The fourth-order valence-electron chi connectivity index (χ4n) is 2.74. The summed E-state index contributed by atoms with van der Waals surface area (Å²) in [6.07, 6.45) is -0.348. The Labute approximate surface area is 200 Å². The number of carboxylic acid groups (broad SMARTS) is 1. The van der Waals surface area contributed by atoms with Crippen LogP contribution in [0.15, 0.2) is 24.3 Å². The molecule has 10 N–H and O–H groups in total. The Morgan fingerprint density at radius 1 is 0.912 bits per heavy atom. The summed E-state index contributed by atoms with van der Waals surface area (Å²) in [5, 5.41) is 34.1. The summed E-state index contributed by atoms with van der Waals surface area (Å²) in [6, 6.07) is 0.763. The van der Waals surface area contributed by atoms with E-state index in [1.165, 1.54) is 12.1 Å². The molecule has 0 saturated carbocycles. The van der Waals surface area contributed by atoms with Gasteiger partial charge in [0.25, 0.3) is 0 Å². The van der Waals surface area contributed by atoms with E-state index in [1.54, 1.807) is 12.1 Å². The number of hydrogen-bond donors (Lipinski definition) is 9. The zero-order valence-electron chi connectivity index (χ0n) is 18.1. The lowest BCUT2D eigenvalue weighted by Crippen LogP contribution is -2.58. The van der Waals surface area contributed by atoms with Crippen molar-refractivity contribution in [1.82, 2.24) is 16.0 Å².